The molecule has 0 fully saturated rings. The van der Waals surface area contributed by atoms with Crippen LogP contribution >= 0.6 is 11.6 Å². The van der Waals surface area contributed by atoms with Gasteiger partial charge in [-0.2, -0.15) is 0 Å². The third kappa shape index (κ3) is 2.64. The Kier molecular flexibility index (Phi) is 3.75. The number of nitrogens with one attached hydrogen (secondary N) is 1. The molecule has 0 aliphatic carbocycles. The normalized spacial score (nSPS) is 10.8. The average molecular weight is 315 g/mol. The summed E-state index contributed by atoms with van der Waals surface area (Å²) >= 11 is 5.84. The Hall–Kier alpha value is -2.50. The lowest BCUT2D eigenvalue weighted by molar-refractivity contribution is 0.0904. The van der Waals surface area contributed by atoms with Crippen LogP contribution in [-0.2, 0) is 0 Å². The molecule has 0 radical (unpaired) electrons. The van der Waals surface area contributed by atoms with Crippen molar-refractivity contribution < 1.29 is 9.90 Å². The number of carbonyl (C=O) groups is 1. The molecule has 2 aromatic carbocycles. The number of aromatic nitrogens is 2. The summed E-state index contributed by atoms with van der Waals surface area (Å²) in [6.07, 6.45) is 0. The van der Waals surface area contributed by atoms with E-state index in [0.717, 1.165) is 0 Å². The molecule has 0 atom stereocenters. The predicted octanol–water partition coefficient (Wildman–Crippen LogP) is 2.42. The van der Waals surface area contributed by atoms with E-state index in [2.05, 4.69) is 9.97 Å². The number of carbonyl (C=O) groups excluding carboxylic acids is 1. The number of ketones is 1. The van der Waals surface area contributed by atoms with Gasteiger partial charge in [0.25, 0.3) is 5.56 Å². The zero-order valence-corrected chi connectivity index (χ0v) is 12.1. The van der Waals surface area contributed by atoms with Crippen LogP contribution in [0.5, 0.6) is 0 Å². The van der Waals surface area contributed by atoms with Crippen molar-refractivity contribution >= 4 is 28.3 Å². The summed E-state index contributed by atoms with van der Waals surface area (Å²) in [4.78, 5) is 30.8. The van der Waals surface area contributed by atoms with E-state index in [9.17, 15) is 9.59 Å². The molecule has 0 amide bonds. The molecule has 6 heteroatoms. The fourth-order valence-corrected chi connectivity index (χ4v) is 2.27. The molecule has 1 aromatic heterocycles. The van der Waals surface area contributed by atoms with Gasteiger partial charge in [0.2, 0.25) is 0 Å². The Balaban J connectivity index is 2.19. The number of hydrogen-bond acceptors (Lipinski definition) is 4. The van der Waals surface area contributed by atoms with Crippen LogP contribution in [0.1, 0.15) is 10.4 Å². The van der Waals surface area contributed by atoms with Gasteiger partial charge in [0.1, 0.15) is 12.4 Å². The van der Waals surface area contributed by atoms with Crippen molar-refractivity contribution in [2.24, 2.45) is 0 Å². The van der Waals surface area contributed by atoms with Crippen LogP contribution in [0.25, 0.3) is 22.3 Å². The molecule has 0 saturated carbocycles. The smallest absolute Gasteiger partial charge is 0.259 e. The third-order valence-electron chi connectivity index (χ3n) is 3.29. The number of rotatable bonds is 3. The monoisotopic (exact) mass is 314 g/mol. The third-order valence-corrected chi connectivity index (χ3v) is 3.54. The van der Waals surface area contributed by atoms with Crippen molar-refractivity contribution in [3.05, 3.63) is 63.4 Å². The number of H-pyrrole nitrogens is 1. The molecule has 0 aliphatic heterocycles. The number of benzene rings is 2. The highest BCUT2D eigenvalue weighted by Gasteiger charge is 2.10. The van der Waals surface area contributed by atoms with E-state index < -0.39 is 12.4 Å². The molecule has 22 heavy (non-hydrogen) atoms. The number of Topliss-reactive ketones (excluding diaryl/α,β-unsaturated/α-hetero) is 1. The van der Waals surface area contributed by atoms with Gasteiger partial charge < -0.3 is 10.1 Å². The van der Waals surface area contributed by atoms with Crippen molar-refractivity contribution in [2.75, 3.05) is 6.61 Å². The summed E-state index contributed by atoms with van der Waals surface area (Å²) in [5.74, 6) is -0.0280. The van der Waals surface area contributed by atoms with E-state index in [1.54, 1.807) is 24.3 Å². The number of aromatic amines is 1. The van der Waals surface area contributed by atoms with Crippen LogP contribution in [0.3, 0.4) is 0 Å². The maximum Gasteiger partial charge on any atom is 0.259 e. The van der Waals surface area contributed by atoms with Crippen LogP contribution in [0, 0.1) is 0 Å². The van der Waals surface area contributed by atoms with Gasteiger partial charge in [-0.05, 0) is 36.4 Å². The molecule has 0 aliphatic rings. The minimum atomic E-state index is -0.585. The first kappa shape index (κ1) is 14.4. The first-order valence-corrected chi connectivity index (χ1v) is 6.90. The quantitative estimate of drug-likeness (QED) is 0.727. The first-order chi connectivity index (χ1) is 10.6. The molecule has 0 bridgehead atoms. The summed E-state index contributed by atoms with van der Waals surface area (Å²) in [6.45, 7) is -0.585. The summed E-state index contributed by atoms with van der Waals surface area (Å²) in [7, 11) is 0. The number of fused-ring (bicyclic) bond motifs is 1. The first-order valence-electron chi connectivity index (χ1n) is 6.52. The minimum Gasteiger partial charge on any atom is -0.388 e. The van der Waals surface area contributed by atoms with E-state index >= 15 is 0 Å². The lowest BCUT2D eigenvalue weighted by atomic mass is 10.1. The van der Waals surface area contributed by atoms with Crippen molar-refractivity contribution in [3.8, 4) is 11.4 Å². The van der Waals surface area contributed by atoms with Gasteiger partial charge in [-0.15, -0.1) is 0 Å². The van der Waals surface area contributed by atoms with Gasteiger partial charge in [0.05, 0.1) is 10.9 Å². The van der Waals surface area contributed by atoms with Gasteiger partial charge in [0.15, 0.2) is 5.78 Å². The minimum absolute atomic E-state index is 0.294. The lowest BCUT2D eigenvalue weighted by Crippen LogP contribution is -2.11. The van der Waals surface area contributed by atoms with Crippen molar-refractivity contribution in [1.29, 1.82) is 0 Å². The summed E-state index contributed by atoms with van der Waals surface area (Å²) in [5.41, 5.74) is 1.13. The second-order valence-corrected chi connectivity index (χ2v) is 5.17. The van der Waals surface area contributed by atoms with Gasteiger partial charge in [0, 0.05) is 16.1 Å². The highest BCUT2D eigenvalue weighted by molar-refractivity contribution is 6.30. The average Bonchev–Trinajstić information content (AvgIpc) is 2.54. The number of aliphatic hydroxyl groups is 1. The zero-order valence-electron chi connectivity index (χ0n) is 11.3. The SMILES string of the molecule is O=C(CO)c1ccc2c(=O)[nH]c(-c3ccc(Cl)cc3)nc2c1. The predicted molar refractivity (Wildman–Crippen MR) is 84.2 cm³/mol. The van der Waals surface area contributed by atoms with E-state index in [1.165, 1.54) is 18.2 Å². The highest BCUT2D eigenvalue weighted by atomic mass is 35.5. The Morgan fingerprint density at radius 3 is 2.59 bits per heavy atom. The molecule has 3 rings (SSSR count). The number of nitrogens with zero attached hydrogens (tertiary/aromatic N) is 1. The molecule has 2 N–H and O–H groups in total. The number of aliphatic hydroxyl groups excluding tert-OH is 1. The Labute approximate surface area is 130 Å². The van der Waals surface area contributed by atoms with Crippen LogP contribution in [-0.4, -0.2) is 27.5 Å². The Morgan fingerprint density at radius 1 is 1.18 bits per heavy atom. The summed E-state index contributed by atoms with van der Waals surface area (Å²) in [6, 6.07) is 11.4. The summed E-state index contributed by atoms with van der Waals surface area (Å²) < 4.78 is 0. The zero-order chi connectivity index (χ0) is 15.7. The van der Waals surface area contributed by atoms with Crippen molar-refractivity contribution in [3.63, 3.8) is 0 Å². The standard InChI is InChI=1S/C16H11ClN2O3/c17-11-4-1-9(2-5-11)15-18-13-7-10(14(21)8-20)3-6-12(13)16(22)19-15/h1-7,20H,8H2,(H,18,19,22). The highest BCUT2D eigenvalue weighted by Crippen LogP contribution is 2.19. The van der Waals surface area contributed by atoms with Gasteiger partial charge in [-0.1, -0.05) is 17.7 Å². The number of halogens is 1. The van der Waals surface area contributed by atoms with Gasteiger partial charge in [-0.25, -0.2) is 4.98 Å². The van der Waals surface area contributed by atoms with Crippen LogP contribution in [0.2, 0.25) is 5.02 Å². The fraction of sp³-hybridized carbons (Fsp3) is 0.0625. The molecule has 0 spiro atoms. The maximum absolute atomic E-state index is 12.1. The van der Waals surface area contributed by atoms with Crippen LogP contribution in [0.15, 0.2) is 47.3 Å². The summed E-state index contributed by atoms with van der Waals surface area (Å²) in [5, 5.41) is 9.89. The number of hydrogen-bond donors (Lipinski definition) is 2. The van der Waals surface area contributed by atoms with E-state index in [4.69, 9.17) is 16.7 Å². The Bertz CT molecular complexity index is 917. The van der Waals surface area contributed by atoms with Crippen LogP contribution < -0.4 is 5.56 Å². The second-order valence-electron chi connectivity index (χ2n) is 4.73. The van der Waals surface area contributed by atoms with Crippen molar-refractivity contribution in [1.82, 2.24) is 9.97 Å². The molecule has 5 nitrogen and oxygen atoms in total. The van der Waals surface area contributed by atoms with Crippen molar-refractivity contribution in [2.45, 2.75) is 0 Å². The van der Waals surface area contributed by atoms with E-state index in [-0.39, 0.29) is 5.56 Å². The maximum atomic E-state index is 12.1. The van der Waals surface area contributed by atoms with Gasteiger partial charge in [-0.3, -0.25) is 9.59 Å². The second kappa shape index (κ2) is 5.71. The molecule has 1 heterocycles. The largest absolute Gasteiger partial charge is 0.388 e. The van der Waals surface area contributed by atoms with Gasteiger partial charge >= 0.3 is 0 Å². The molecular weight excluding hydrogens is 304 g/mol. The topological polar surface area (TPSA) is 83.0 Å². The van der Waals surface area contributed by atoms with Crippen LogP contribution in [0.4, 0.5) is 0 Å². The molecule has 0 saturated heterocycles. The molecule has 110 valence electrons. The van der Waals surface area contributed by atoms with E-state index in [1.807, 2.05) is 0 Å². The van der Waals surface area contributed by atoms with E-state index in [0.29, 0.717) is 32.9 Å². The Morgan fingerprint density at radius 2 is 1.91 bits per heavy atom. The molecule has 0 unspecified atom stereocenters. The lowest BCUT2D eigenvalue weighted by Gasteiger charge is -2.05. The molecular formula is C16H11ClN2O3. The molecule has 3 aromatic rings. The fourth-order valence-electron chi connectivity index (χ4n) is 2.15.